The van der Waals surface area contributed by atoms with Crippen LogP contribution in [0.1, 0.15) is 11.3 Å². The predicted octanol–water partition coefficient (Wildman–Crippen LogP) is 3.29. The summed E-state index contributed by atoms with van der Waals surface area (Å²) in [5, 5.41) is 11.1. The van der Waals surface area contributed by atoms with Crippen molar-refractivity contribution in [1.82, 2.24) is 9.97 Å². The highest BCUT2D eigenvalue weighted by atomic mass is 32.2. The van der Waals surface area contributed by atoms with Crippen LogP contribution in [0.5, 0.6) is 0 Å². The number of benzene rings is 1. The first-order chi connectivity index (χ1) is 11.4. The molecular weight excluding hydrogens is 341 g/mol. The average molecular weight is 352 g/mol. The monoisotopic (exact) mass is 352 g/mol. The summed E-state index contributed by atoms with van der Waals surface area (Å²) in [5.74, 6) is -0.518. The van der Waals surface area contributed by atoms with Crippen molar-refractivity contribution in [3.63, 3.8) is 0 Å². The lowest BCUT2D eigenvalue weighted by molar-refractivity contribution is -0.141. The van der Waals surface area contributed by atoms with E-state index in [1.807, 2.05) is 6.07 Å². The van der Waals surface area contributed by atoms with Crippen LogP contribution in [0, 0.1) is 11.3 Å². The molecule has 0 aliphatic carbocycles. The number of nitriles is 1. The van der Waals surface area contributed by atoms with E-state index in [-0.39, 0.29) is 17.3 Å². The van der Waals surface area contributed by atoms with Crippen LogP contribution in [-0.2, 0) is 17.4 Å². The minimum Gasteiger partial charge on any atom is -0.325 e. The fourth-order valence-electron chi connectivity index (χ4n) is 1.69. The van der Waals surface area contributed by atoms with E-state index in [4.69, 9.17) is 5.26 Å². The summed E-state index contributed by atoms with van der Waals surface area (Å²) in [5.41, 5.74) is 0.308. The van der Waals surface area contributed by atoms with Crippen molar-refractivity contribution >= 4 is 23.4 Å². The van der Waals surface area contributed by atoms with Crippen LogP contribution in [0.4, 0.5) is 18.9 Å². The van der Waals surface area contributed by atoms with Crippen molar-refractivity contribution in [1.29, 1.82) is 5.26 Å². The number of nitrogens with one attached hydrogen (secondary N) is 1. The molecule has 0 saturated carbocycles. The topological polar surface area (TPSA) is 78.7 Å². The SMILES string of the molecule is N#CCc1ccc(NC(=O)CSc2nccc(C(F)(F)F)n2)cc1. The van der Waals surface area contributed by atoms with Gasteiger partial charge in [0.05, 0.1) is 18.2 Å². The van der Waals surface area contributed by atoms with E-state index < -0.39 is 17.8 Å². The number of carbonyl (C=O) groups excluding carboxylic acids is 1. The lowest BCUT2D eigenvalue weighted by atomic mass is 10.1. The molecule has 9 heteroatoms. The van der Waals surface area contributed by atoms with Crippen LogP contribution in [0.3, 0.4) is 0 Å². The van der Waals surface area contributed by atoms with Gasteiger partial charge in [0, 0.05) is 11.9 Å². The highest BCUT2D eigenvalue weighted by Gasteiger charge is 2.32. The molecular formula is C15H11F3N4OS. The largest absolute Gasteiger partial charge is 0.433 e. The number of anilines is 1. The predicted molar refractivity (Wildman–Crippen MR) is 82.1 cm³/mol. The maximum Gasteiger partial charge on any atom is 0.433 e. The number of alkyl halides is 3. The van der Waals surface area contributed by atoms with Gasteiger partial charge >= 0.3 is 6.18 Å². The Bertz CT molecular complexity index is 757. The Morgan fingerprint density at radius 2 is 1.96 bits per heavy atom. The molecule has 24 heavy (non-hydrogen) atoms. The van der Waals surface area contributed by atoms with Gasteiger partial charge in [0.1, 0.15) is 5.69 Å². The Morgan fingerprint density at radius 1 is 1.25 bits per heavy atom. The molecule has 2 rings (SSSR count). The van der Waals surface area contributed by atoms with Gasteiger partial charge in [-0.25, -0.2) is 9.97 Å². The van der Waals surface area contributed by atoms with Crippen molar-refractivity contribution < 1.29 is 18.0 Å². The molecule has 0 aliphatic rings. The van der Waals surface area contributed by atoms with E-state index in [2.05, 4.69) is 15.3 Å². The number of rotatable bonds is 5. The van der Waals surface area contributed by atoms with Gasteiger partial charge in [-0.1, -0.05) is 23.9 Å². The lowest BCUT2D eigenvalue weighted by Crippen LogP contribution is -2.15. The second-order valence-corrected chi connectivity index (χ2v) is 5.53. The summed E-state index contributed by atoms with van der Waals surface area (Å²) in [6.45, 7) is 0. The molecule has 0 aliphatic heterocycles. The standard InChI is InChI=1S/C15H11F3N4OS/c16-15(17,18)12-6-8-20-14(22-12)24-9-13(23)21-11-3-1-10(2-4-11)5-7-19/h1-4,6,8H,5,9H2,(H,21,23). The molecule has 0 spiro atoms. The lowest BCUT2D eigenvalue weighted by Gasteiger charge is -2.07. The smallest absolute Gasteiger partial charge is 0.325 e. The number of hydrogen-bond acceptors (Lipinski definition) is 5. The third-order valence-corrected chi connectivity index (χ3v) is 3.64. The number of halogens is 3. The summed E-state index contributed by atoms with van der Waals surface area (Å²) in [6, 6.07) is 9.50. The molecule has 1 amide bonds. The van der Waals surface area contributed by atoms with Crippen LogP contribution in [0.15, 0.2) is 41.7 Å². The van der Waals surface area contributed by atoms with E-state index in [1.165, 1.54) is 0 Å². The minimum absolute atomic E-state index is 0.121. The summed E-state index contributed by atoms with van der Waals surface area (Å²) in [4.78, 5) is 18.9. The molecule has 1 aromatic heterocycles. The van der Waals surface area contributed by atoms with Crippen molar-refractivity contribution in [3.05, 3.63) is 47.8 Å². The van der Waals surface area contributed by atoms with Gasteiger partial charge in [0.25, 0.3) is 0 Å². The van der Waals surface area contributed by atoms with Crippen molar-refractivity contribution in [2.24, 2.45) is 0 Å². The fraction of sp³-hybridized carbons (Fsp3) is 0.200. The molecule has 0 bridgehead atoms. The Labute approximate surface area is 139 Å². The first-order valence-corrected chi connectivity index (χ1v) is 7.66. The Kier molecular flexibility index (Phi) is 5.76. The number of thioether (sulfide) groups is 1. The third-order valence-electron chi connectivity index (χ3n) is 2.78. The highest BCUT2D eigenvalue weighted by Crippen LogP contribution is 2.28. The van der Waals surface area contributed by atoms with E-state index in [1.54, 1.807) is 24.3 Å². The second-order valence-electron chi connectivity index (χ2n) is 4.59. The van der Waals surface area contributed by atoms with Gasteiger partial charge in [-0.3, -0.25) is 4.79 Å². The summed E-state index contributed by atoms with van der Waals surface area (Å²) < 4.78 is 37.6. The zero-order chi connectivity index (χ0) is 17.6. The number of amides is 1. The number of hydrogen-bond donors (Lipinski definition) is 1. The van der Waals surface area contributed by atoms with E-state index in [0.717, 1.165) is 29.6 Å². The Morgan fingerprint density at radius 3 is 2.58 bits per heavy atom. The maximum absolute atomic E-state index is 12.5. The normalized spacial score (nSPS) is 10.9. The molecule has 124 valence electrons. The van der Waals surface area contributed by atoms with Crippen LogP contribution >= 0.6 is 11.8 Å². The number of carbonyl (C=O) groups is 1. The average Bonchev–Trinajstić information content (AvgIpc) is 2.55. The van der Waals surface area contributed by atoms with E-state index in [0.29, 0.717) is 5.69 Å². The van der Waals surface area contributed by atoms with Gasteiger partial charge in [-0.05, 0) is 23.8 Å². The molecule has 0 saturated heterocycles. The van der Waals surface area contributed by atoms with Crippen LogP contribution in [0.2, 0.25) is 0 Å². The summed E-state index contributed by atoms with van der Waals surface area (Å²) in [7, 11) is 0. The molecule has 0 radical (unpaired) electrons. The molecule has 0 unspecified atom stereocenters. The van der Waals surface area contributed by atoms with Crippen LogP contribution in [0.25, 0.3) is 0 Å². The minimum atomic E-state index is -4.55. The summed E-state index contributed by atoms with van der Waals surface area (Å²) >= 11 is 0.812. The molecule has 1 N–H and O–H groups in total. The Hall–Kier alpha value is -2.60. The quantitative estimate of drug-likeness (QED) is 0.660. The van der Waals surface area contributed by atoms with Gasteiger partial charge in [0.2, 0.25) is 5.91 Å². The fourth-order valence-corrected chi connectivity index (χ4v) is 2.32. The first-order valence-electron chi connectivity index (χ1n) is 6.67. The van der Waals surface area contributed by atoms with Crippen molar-refractivity contribution in [2.45, 2.75) is 17.8 Å². The van der Waals surface area contributed by atoms with Crippen LogP contribution in [-0.4, -0.2) is 21.6 Å². The van der Waals surface area contributed by atoms with Gasteiger partial charge in [-0.15, -0.1) is 0 Å². The third kappa shape index (κ3) is 5.24. The Balaban J connectivity index is 1.90. The maximum atomic E-state index is 12.5. The molecule has 2 aromatic rings. The molecule has 0 fully saturated rings. The second kappa shape index (κ2) is 7.79. The van der Waals surface area contributed by atoms with Gasteiger partial charge < -0.3 is 5.32 Å². The molecule has 5 nitrogen and oxygen atoms in total. The zero-order valence-corrected chi connectivity index (χ0v) is 13.0. The van der Waals surface area contributed by atoms with Crippen molar-refractivity contribution in [3.8, 4) is 6.07 Å². The zero-order valence-electron chi connectivity index (χ0n) is 12.2. The van der Waals surface area contributed by atoms with E-state index >= 15 is 0 Å². The first kappa shape index (κ1) is 17.7. The van der Waals surface area contributed by atoms with Crippen molar-refractivity contribution in [2.75, 3.05) is 11.1 Å². The summed E-state index contributed by atoms with van der Waals surface area (Å²) in [6.07, 6.45) is -3.27. The van der Waals surface area contributed by atoms with Gasteiger partial charge in [-0.2, -0.15) is 18.4 Å². The van der Waals surface area contributed by atoms with Gasteiger partial charge in [0.15, 0.2) is 5.16 Å². The molecule has 1 heterocycles. The number of nitrogens with zero attached hydrogens (tertiary/aromatic N) is 3. The number of aromatic nitrogens is 2. The van der Waals surface area contributed by atoms with E-state index in [9.17, 15) is 18.0 Å². The molecule has 1 aromatic carbocycles. The van der Waals surface area contributed by atoms with Crippen LogP contribution < -0.4 is 5.32 Å². The highest BCUT2D eigenvalue weighted by molar-refractivity contribution is 7.99. The molecule has 0 atom stereocenters.